The van der Waals surface area contributed by atoms with E-state index in [4.69, 9.17) is 21.4 Å². The second-order valence-electron chi connectivity index (χ2n) is 5.06. The van der Waals surface area contributed by atoms with Crippen LogP contribution >= 0.6 is 11.6 Å². The molecule has 1 aliphatic rings. The molecule has 1 saturated heterocycles. The number of piperidine rings is 1. The van der Waals surface area contributed by atoms with Gasteiger partial charge in [0.15, 0.2) is 0 Å². The summed E-state index contributed by atoms with van der Waals surface area (Å²) in [5, 5.41) is 9.70. The van der Waals surface area contributed by atoms with E-state index in [1.54, 1.807) is 12.1 Å². The topological polar surface area (TPSA) is 49.8 Å². The van der Waals surface area contributed by atoms with E-state index in [0.29, 0.717) is 29.7 Å². The number of amides is 1. The predicted octanol–water partition coefficient (Wildman–Crippen LogP) is 2.34. The van der Waals surface area contributed by atoms with Crippen LogP contribution in [0.5, 0.6) is 5.75 Å². The Morgan fingerprint density at radius 1 is 1.40 bits per heavy atom. The maximum absolute atomic E-state index is 12.0. The molecule has 1 aliphatic heterocycles. The van der Waals surface area contributed by atoms with Gasteiger partial charge >= 0.3 is 0 Å². The SMILES string of the molecule is O=C(CCOc1cccc(Cl)c1)N1CCC(CO)CC1. The molecule has 2 rings (SSSR count). The van der Waals surface area contributed by atoms with Gasteiger partial charge in [-0.3, -0.25) is 4.79 Å². The van der Waals surface area contributed by atoms with Gasteiger partial charge in [0.2, 0.25) is 5.91 Å². The first-order chi connectivity index (χ1) is 9.69. The van der Waals surface area contributed by atoms with Crippen LogP contribution in [0.15, 0.2) is 24.3 Å². The molecule has 0 aromatic heterocycles. The minimum Gasteiger partial charge on any atom is -0.493 e. The first-order valence-corrected chi connectivity index (χ1v) is 7.34. The fraction of sp³-hybridized carbons (Fsp3) is 0.533. The number of hydrogen-bond donors (Lipinski definition) is 1. The largest absolute Gasteiger partial charge is 0.493 e. The molecule has 0 spiro atoms. The highest BCUT2D eigenvalue weighted by Crippen LogP contribution is 2.19. The van der Waals surface area contributed by atoms with Crippen LogP contribution in [0.4, 0.5) is 0 Å². The Bertz CT molecular complexity index is 444. The summed E-state index contributed by atoms with van der Waals surface area (Å²) < 4.78 is 5.52. The molecule has 0 atom stereocenters. The summed E-state index contributed by atoms with van der Waals surface area (Å²) >= 11 is 5.86. The van der Waals surface area contributed by atoms with Crippen LogP contribution in [0.2, 0.25) is 5.02 Å². The minimum atomic E-state index is 0.114. The second-order valence-corrected chi connectivity index (χ2v) is 5.50. The molecule has 1 fully saturated rings. The zero-order valence-corrected chi connectivity index (χ0v) is 12.2. The van der Waals surface area contributed by atoms with Crippen LogP contribution in [-0.2, 0) is 4.79 Å². The Balaban J connectivity index is 1.70. The lowest BCUT2D eigenvalue weighted by Crippen LogP contribution is -2.39. The number of benzene rings is 1. The average molecular weight is 298 g/mol. The summed E-state index contributed by atoms with van der Waals surface area (Å²) in [6.07, 6.45) is 2.14. The van der Waals surface area contributed by atoms with Crippen LogP contribution in [0.25, 0.3) is 0 Å². The van der Waals surface area contributed by atoms with Gasteiger partial charge in [-0.15, -0.1) is 0 Å². The number of halogens is 1. The Kier molecular flexibility index (Phi) is 5.68. The van der Waals surface area contributed by atoms with Crippen LogP contribution in [0.1, 0.15) is 19.3 Å². The average Bonchev–Trinajstić information content (AvgIpc) is 2.47. The number of nitrogens with zero attached hydrogens (tertiary/aromatic N) is 1. The second kappa shape index (κ2) is 7.50. The van der Waals surface area contributed by atoms with Crippen molar-refractivity contribution in [3.05, 3.63) is 29.3 Å². The van der Waals surface area contributed by atoms with Crippen LogP contribution in [0, 0.1) is 5.92 Å². The van der Waals surface area contributed by atoms with Gasteiger partial charge < -0.3 is 14.7 Å². The fourth-order valence-electron chi connectivity index (χ4n) is 2.34. The van der Waals surface area contributed by atoms with Gasteiger partial charge in [0.05, 0.1) is 13.0 Å². The van der Waals surface area contributed by atoms with E-state index in [9.17, 15) is 4.79 Å². The van der Waals surface area contributed by atoms with E-state index < -0.39 is 0 Å². The van der Waals surface area contributed by atoms with Gasteiger partial charge in [-0.2, -0.15) is 0 Å². The van der Waals surface area contributed by atoms with Crippen molar-refractivity contribution in [3.63, 3.8) is 0 Å². The predicted molar refractivity (Wildman–Crippen MR) is 78.0 cm³/mol. The van der Waals surface area contributed by atoms with E-state index in [1.807, 2.05) is 17.0 Å². The molecule has 20 heavy (non-hydrogen) atoms. The number of aliphatic hydroxyl groups is 1. The third kappa shape index (κ3) is 4.39. The zero-order chi connectivity index (χ0) is 14.4. The van der Waals surface area contributed by atoms with Crippen molar-refractivity contribution >= 4 is 17.5 Å². The van der Waals surface area contributed by atoms with Crippen molar-refractivity contribution in [1.82, 2.24) is 4.90 Å². The van der Waals surface area contributed by atoms with Gasteiger partial charge in [0.1, 0.15) is 5.75 Å². The van der Waals surface area contributed by atoms with Crippen molar-refractivity contribution in [2.45, 2.75) is 19.3 Å². The molecule has 0 unspecified atom stereocenters. The lowest BCUT2D eigenvalue weighted by atomic mass is 9.98. The number of carbonyl (C=O) groups excluding carboxylic acids is 1. The van der Waals surface area contributed by atoms with Crippen LogP contribution < -0.4 is 4.74 Å². The number of likely N-dealkylation sites (tertiary alicyclic amines) is 1. The molecule has 0 radical (unpaired) electrons. The first kappa shape index (κ1) is 15.1. The highest BCUT2D eigenvalue weighted by Gasteiger charge is 2.21. The van der Waals surface area contributed by atoms with E-state index in [0.717, 1.165) is 25.9 Å². The van der Waals surface area contributed by atoms with Gasteiger partial charge in [0, 0.05) is 24.7 Å². The van der Waals surface area contributed by atoms with E-state index >= 15 is 0 Å². The monoisotopic (exact) mass is 297 g/mol. The third-order valence-corrected chi connectivity index (χ3v) is 3.84. The highest BCUT2D eigenvalue weighted by atomic mass is 35.5. The lowest BCUT2D eigenvalue weighted by molar-refractivity contribution is -0.133. The number of aliphatic hydroxyl groups excluding tert-OH is 1. The molecule has 1 aromatic rings. The van der Waals surface area contributed by atoms with Crippen molar-refractivity contribution in [1.29, 1.82) is 0 Å². The lowest BCUT2D eigenvalue weighted by Gasteiger charge is -2.31. The van der Waals surface area contributed by atoms with Gasteiger partial charge in [-0.05, 0) is 37.0 Å². The molecular weight excluding hydrogens is 278 g/mol. The Hall–Kier alpha value is -1.26. The van der Waals surface area contributed by atoms with E-state index in [2.05, 4.69) is 0 Å². The number of carbonyl (C=O) groups is 1. The normalized spacial score (nSPS) is 16.2. The molecular formula is C15H20ClNO3. The molecule has 1 N–H and O–H groups in total. The summed E-state index contributed by atoms with van der Waals surface area (Å²) in [6, 6.07) is 7.16. The Labute approximate surface area is 124 Å². The van der Waals surface area contributed by atoms with Crippen molar-refractivity contribution in [2.75, 3.05) is 26.3 Å². The summed E-state index contributed by atoms with van der Waals surface area (Å²) in [7, 11) is 0. The molecule has 0 saturated carbocycles. The maximum atomic E-state index is 12.0. The Morgan fingerprint density at radius 2 is 2.15 bits per heavy atom. The third-order valence-electron chi connectivity index (χ3n) is 3.61. The van der Waals surface area contributed by atoms with E-state index in [1.165, 1.54) is 0 Å². The Morgan fingerprint density at radius 3 is 2.80 bits per heavy atom. The summed E-state index contributed by atoms with van der Waals surface area (Å²) in [4.78, 5) is 13.9. The highest BCUT2D eigenvalue weighted by molar-refractivity contribution is 6.30. The maximum Gasteiger partial charge on any atom is 0.225 e. The van der Waals surface area contributed by atoms with Crippen molar-refractivity contribution in [3.8, 4) is 5.75 Å². The van der Waals surface area contributed by atoms with Crippen LogP contribution in [-0.4, -0.2) is 42.2 Å². The molecule has 110 valence electrons. The molecule has 0 bridgehead atoms. The van der Waals surface area contributed by atoms with Gasteiger partial charge in [-0.25, -0.2) is 0 Å². The smallest absolute Gasteiger partial charge is 0.225 e. The number of ether oxygens (including phenoxy) is 1. The standard InChI is InChI=1S/C15H20ClNO3/c16-13-2-1-3-14(10-13)20-9-6-15(19)17-7-4-12(11-18)5-8-17/h1-3,10,12,18H,4-9,11H2. The first-order valence-electron chi connectivity index (χ1n) is 6.96. The number of rotatable bonds is 5. The molecule has 0 aliphatic carbocycles. The fourth-order valence-corrected chi connectivity index (χ4v) is 2.52. The molecule has 5 heteroatoms. The van der Waals surface area contributed by atoms with Gasteiger partial charge in [-0.1, -0.05) is 17.7 Å². The van der Waals surface area contributed by atoms with Crippen molar-refractivity contribution < 1.29 is 14.6 Å². The minimum absolute atomic E-state index is 0.114. The quantitative estimate of drug-likeness (QED) is 0.907. The molecule has 1 amide bonds. The zero-order valence-electron chi connectivity index (χ0n) is 11.4. The van der Waals surface area contributed by atoms with E-state index in [-0.39, 0.29) is 12.5 Å². The summed E-state index contributed by atoms with van der Waals surface area (Å²) in [5.74, 6) is 1.15. The molecule has 4 nitrogen and oxygen atoms in total. The molecule has 1 aromatic carbocycles. The van der Waals surface area contributed by atoms with Crippen molar-refractivity contribution in [2.24, 2.45) is 5.92 Å². The summed E-state index contributed by atoms with van der Waals surface area (Å²) in [6.45, 7) is 2.06. The van der Waals surface area contributed by atoms with Gasteiger partial charge in [0.25, 0.3) is 0 Å². The summed E-state index contributed by atoms with van der Waals surface area (Å²) in [5.41, 5.74) is 0. The number of hydrogen-bond acceptors (Lipinski definition) is 3. The van der Waals surface area contributed by atoms with Crippen LogP contribution in [0.3, 0.4) is 0 Å². The molecule has 1 heterocycles.